The highest BCUT2D eigenvalue weighted by atomic mass is 32.2. The number of hydrogen-bond acceptors (Lipinski definition) is 3. The highest BCUT2D eigenvalue weighted by Crippen LogP contribution is 2.39. The second-order valence-electron chi connectivity index (χ2n) is 6.85. The van der Waals surface area contributed by atoms with Crippen LogP contribution < -0.4 is 0 Å². The lowest BCUT2D eigenvalue weighted by atomic mass is 9.81. The topological polar surface area (TPSA) is 57.6 Å². The maximum atomic E-state index is 13.1. The molecule has 1 aromatic rings. The molecule has 2 fully saturated rings. The molecule has 130 valence electrons. The maximum absolute atomic E-state index is 13.1. The van der Waals surface area contributed by atoms with Gasteiger partial charge in [-0.3, -0.25) is 9.59 Å². The fourth-order valence-corrected chi connectivity index (χ4v) is 5.15. The van der Waals surface area contributed by atoms with Crippen molar-refractivity contribution >= 4 is 23.6 Å². The van der Waals surface area contributed by atoms with Crippen LogP contribution in [0.15, 0.2) is 30.3 Å². The molecular formula is C19H25NO3S. The largest absolute Gasteiger partial charge is 0.481 e. The zero-order chi connectivity index (χ0) is 17.1. The molecule has 0 bridgehead atoms. The summed E-state index contributed by atoms with van der Waals surface area (Å²) in [4.78, 5) is 26.3. The fourth-order valence-electron chi connectivity index (χ4n) is 3.99. The van der Waals surface area contributed by atoms with Crippen molar-refractivity contribution < 1.29 is 14.7 Å². The SMILES string of the molecule is CC1SCCN(C(=O)C2CCC(C(=O)O)CC2)C1c1ccccc1. The lowest BCUT2D eigenvalue weighted by Crippen LogP contribution is -2.47. The van der Waals surface area contributed by atoms with Crippen LogP contribution in [0.5, 0.6) is 0 Å². The Morgan fingerprint density at radius 1 is 1.08 bits per heavy atom. The van der Waals surface area contributed by atoms with Gasteiger partial charge in [-0.25, -0.2) is 0 Å². The molecule has 0 radical (unpaired) electrons. The molecule has 1 saturated heterocycles. The predicted octanol–water partition coefficient (Wildman–Crippen LogP) is 3.58. The molecule has 2 atom stereocenters. The van der Waals surface area contributed by atoms with E-state index < -0.39 is 5.97 Å². The van der Waals surface area contributed by atoms with E-state index in [1.807, 2.05) is 30.0 Å². The molecule has 0 aromatic heterocycles. The number of rotatable bonds is 3. The van der Waals surface area contributed by atoms with Crippen molar-refractivity contribution in [1.29, 1.82) is 0 Å². The van der Waals surface area contributed by atoms with Crippen molar-refractivity contribution in [2.75, 3.05) is 12.3 Å². The van der Waals surface area contributed by atoms with Crippen LogP contribution in [0.3, 0.4) is 0 Å². The first-order chi connectivity index (χ1) is 11.6. The van der Waals surface area contributed by atoms with Gasteiger partial charge >= 0.3 is 5.97 Å². The summed E-state index contributed by atoms with van der Waals surface area (Å²) < 4.78 is 0. The quantitative estimate of drug-likeness (QED) is 0.908. The average molecular weight is 347 g/mol. The highest BCUT2D eigenvalue weighted by Gasteiger charge is 2.38. The summed E-state index contributed by atoms with van der Waals surface area (Å²) in [5, 5.41) is 9.51. The zero-order valence-electron chi connectivity index (χ0n) is 14.1. The number of amides is 1. The third-order valence-electron chi connectivity index (χ3n) is 5.34. The van der Waals surface area contributed by atoms with Gasteiger partial charge in [0.25, 0.3) is 0 Å². The van der Waals surface area contributed by atoms with E-state index >= 15 is 0 Å². The maximum Gasteiger partial charge on any atom is 0.306 e. The second kappa shape index (κ2) is 7.60. The molecule has 3 rings (SSSR count). The van der Waals surface area contributed by atoms with Gasteiger partial charge in [0.1, 0.15) is 0 Å². The normalized spacial score (nSPS) is 30.8. The first-order valence-electron chi connectivity index (χ1n) is 8.77. The van der Waals surface area contributed by atoms with Crippen LogP contribution in [0.2, 0.25) is 0 Å². The van der Waals surface area contributed by atoms with E-state index in [0.717, 1.165) is 12.3 Å². The van der Waals surface area contributed by atoms with Gasteiger partial charge in [0.05, 0.1) is 12.0 Å². The molecule has 1 aliphatic heterocycles. The van der Waals surface area contributed by atoms with Gasteiger partial charge in [0.15, 0.2) is 0 Å². The molecule has 1 aromatic carbocycles. The van der Waals surface area contributed by atoms with Gasteiger partial charge in [-0.15, -0.1) is 0 Å². The summed E-state index contributed by atoms with van der Waals surface area (Å²) in [6.45, 7) is 2.98. The molecule has 24 heavy (non-hydrogen) atoms. The predicted molar refractivity (Wildman–Crippen MR) is 95.9 cm³/mol. The van der Waals surface area contributed by atoms with Crippen LogP contribution in [-0.2, 0) is 9.59 Å². The minimum absolute atomic E-state index is 0.0119. The molecule has 5 heteroatoms. The van der Waals surface area contributed by atoms with E-state index in [9.17, 15) is 9.59 Å². The zero-order valence-corrected chi connectivity index (χ0v) is 14.9. The first-order valence-corrected chi connectivity index (χ1v) is 9.82. The van der Waals surface area contributed by atoms with Gasteiger partial charge in [-0.1, -0.05) is 37.3 Å². The lowest BCUT2D eigenvalue weighted by molar-refractivity contribution is -0.146. The number of carboxylic acid groups (broad SMARTS) is 1. The Labute approximate surface area is 147 Å². The van der Waals surface area contributed by atoms with E-state index in [4.69, 9.17) is 5.11 Å². The number of thioether (sulfide) groups is 1. The molecule has 1 N–H and O–H groups in total. The van der Waals surface area contributed by atoms with E-state index in [-0.39, 0.29) is 23.8 Å². The molecule has 1 heterocycles. The number of hydrogen-bond donors (Lipinski definition) is 1. The minimum Gasteiger partial charge on any atom is -0.481 e. The molecular weight excluding hydrogens is 322 g/mol. The number of nitrogens with zero attached hydrogens (tertiary/aromatic N) is 1. The van der Waals surface area contributed by atoms with Crippen LogP contribution in [0.4, 0.5) is 0 Å². The second-order valence-corrected chi connectivity index (χ2v) is 8.33. The average Bonchev–Trinajstić information content (AvgIpc) is 2.61. The Balaban J connectivity index is 1.74. The Morgan fingerprint density at radius 2 is 1.71 bits per heavy atom. The third-order valence-corrected chi connectivity index (χ3v) is 6.55. The molecule has 1 saturated carbocycles. The summed E-state index contributed by atoms with van der Waals surface area (Å²) in [6.07, 6.45) is 2.66. The number of carboxylic acids is 1. The molecule has 1 amide bonds. The van der Waals surface area contributed by atoms with Gasteiger partial charge in [-0.05, 0) is 31.2 Å². The Kier molecular flexibility index (Phi) is 5.49. The van der Waals surface area contributed by atoms with Gasteiger partial charge in [0, 0.05) is 23.5 Å². The van der Waals surface area contributed by atoms with Crippen LogP contribution in [0.25, 0.3) is 0 Å². The summed E-state index contributed by atoms with van der Waals surface area (Å²) in [7, 11) is 0. The van der Waals surface area contributed by atoms with Gasteiger partial charge < -0.3 is 10.0 Å². The van der Waals surface area contributed by atoms with Crippen molar-refractivity contribution in [1.82, 2.24) is 4.90 Å². The van der Waals surface area contributed by atoms with E-state index in [0.29, 0.717) is 30.9 Å². The molecule has 2 aliphatic rings. The Morgan fingerprint density at radius 3 is 2.33 bits per heavy atom. The summed E-state index contributed by atoms with van der Waals surface area (Å²) in [6, 6.07) is 10.4. The molecule has 0 spiro atoms. The fraction of sp³-hybridized carbons (Fsp3) is 0.579. The smallest absolute Gasteiger partial charge is 0.306 e. The lowest BCUT2D eigenvalue weighted by Gasteiger charge is -2.42. The van der Waals surface area contributed by atoms with Gasteiger partial charge in [-0.2, -0.15) is 11.8 Å². The van der Waals surface area contributed by atoms with E-state index in [1.54, 1.807) is 0 Å². The van der Waals surface area contributed by atoms with Crippen molar-refractivity contribution in [2.24, 2.45) is 11.8 Å². The Hall–Kier alpha value is -1.49. The monoisotopic (exact) mass is 347 g/mol. The van der Waals surface area contributed by atoms with Crippen molar-refractivity contribution in [3.63, 3.8) is 0 Å². The number of carbonyl (C=O) groups excluding carboxylic acids is 1. The Bertz CT molecular complexity index is 584. The van der Waals surface area contributed by atoms with Crippen LogP contribution >= 0.6 is 11.8 Å². The molecule has 4 nitrogen and oxygen atoms in total. The number of aliphatic carboxylic acids is 1. The number of carbonyl (C=O) groups is 2. The standard InChI is InChI=1S/C19H25NO3S/c1-13-17(14-5-3-2-4-6-14)20(11-12-24-13)18(21)15-7-9-16(10-8-15)19(22)23/h2-6,13,15-17H,7-12H2,1H3,(H,22,23). The minimum atomic E-state index is -0.717. The molecule has 2 unspecified atom stereocenters. The summed E-state index contributed by atoms with van der Waals surface area (Å²) in [5.74, 6) is 0.198. The molecule has 1 aliphatic carbocycles. The van der Waals surface area contributed by atoms with Crippen LogP contribution in [-0.4, -0.2) is 39.4 Å². The number of benzene rings is 1. The van der Waals surface area contributed by atoms with Crippen LogP contribution in [0, 0.1) is 11.8 Å². The van der Waals surface area contributed by atoms with Crippen molar-refractivity contribution in [2.45, 2.75) is 43.9 Å². The first kappa shape index (κ1) is 17.3. The third kappa shape index (κ3) is 3.61. The summed E-state index contributed by atoms with van der Waals surface area (Å²) in [5.41, 5.74) is 1.20. The highest BCUT2D eigenvalue weighted by molar-refractivity contribution is 8.00. The van der Waals surface area contributed by atoms with Crippen LogP contribution in [0.1, 0.15) is 44.2 Å². The summed E-state index contributed by atoms with van der Waals surface area (Å²) >= 11 is 1.92. The van der Waals surface area contributed by atoms with E-state index in [2.05, 4.69) is 24.0 Å². The van der Waals surface area contributed by atoms with Crippen molar-refractivity contribution in [3.05, 3.63) is 35.9 Å². The van der Waals surface area contributed by atoms with Crippen molar-refractivity contribution in [3.8, 4) is 0 Å². The van der Waals surface area contributed by atoms with Gasteiger partial charge in [0.2, 0.25) is 5.91 Å². The van der Waals surface area contributed by atoms with E-state index in [1.165, 1.54) is 5.56 Å².